The Bertz CT molecular complexity index is 557. The summed E-state index contributed by atoms with van der Waals surface area (Å²) in [5.41, 5.74) is -0.146. The van der Waals surface area contributed by atoms with Gasteiger partial charge in [-0.15, -0.1) is 0 Å². The average molecular weight is 250 g/mol. The lowest BCUT2D eigenvalue weighted by Crippen LogP contribution is -2.02. The molecule has 2 rings (SSSR count). The highest BCUT2D eigenvalue weighted by atomic mass is 35.5. The van der Waals surface area contributed by atoms with Crippen LogP contribution in [0.4, 0.5) is 0 Å². The lowest BCUT2D eigenvalue weighted by molar-refractivity contribution is 0.0687. The summed E-state index contributed by atoms with van der Waals surface area (Å²) >= 11 is 5.91. The molecular formula is C12H8ClNO3. The number of aromatic nitrogens is 1. The monoisotopic (exact) mass is 249 g/mol. The van der Waals surface area contributed by atoms with Crippen molar-refractivity contribution < 1.29 is 14.6 Å². The molecule has 0 amide bonds. The molecule has 0 aliphatic rings. The maximum Gasteiger partial charge on any atom is 0.358 e. The molecule has 0 saturated carbocycles. The van der Waals surface area contributed by atoms with Crippen LogP contribution in [0.25, 0.3) is 0 Å². The van der Waals surface area contributed by atoms with E-state index in [1.54, 1.807) is 30.3 Å². The van der Waals surface area contributed by atoms with Gasteiger partial charge in [-0.05, 0) is 24.3 Å². The molecule has 5 heteroatoms. The predicted molar refractivity (Wildman–Crippen MR) is 62.7 cm³/mol. The van der Waals surface area contributed by atoms with E-state index in [1.165, 1.54) is 12.3 Å². The lowest BCUT2D eigenvalue weighted by Gasteiger charge is -2.08. The van der Waals surface area contributed by atoms with Crippen molar-refractivity contribution in [1.29, 1.82) is 0 Å². The first-order valence-electron chi connectivity index (χ1n) is 4.79. The van der Waals surface area contributed by atoms with Gasteiger partial charge in [0.1, 0.15) is 5.75 Å². The maximum atomic E-state index is 10.9. The van der Waals surface area contributed by atoms with Gasteiger partial charge in [0.25, 0.3) is 0 Å². The molecule has 1 heterocycles. The highest BCUT2D eigenvalue weighted by Gasteiger charge is 2.13. The van der Waals surface area contributed by atoms with Gasteiger partial charge in [0.15, 0.2) is 11.4 Å². The van der Waals surface area contributed by atoms with Crippen molar-refractivity contribution in [3.05, 3.63) is 53.3 Å². The zero-order valence-electron chi connectivity index (χ0n) is 8.63. The van der Waals surface area contributed by atoms with Crippen LogP contribution in [-0.2, 0) is 0 Å². The molecule has 0 unspecified atom stereocenters. The van der Waals surface area contributed by atoms with E-state index in [2.05, 4.69) is 4.98 Å². The molecule has 4 nitrogen and oxygen atoms in total. The van der Waals surface area contributed by atoms with E-state index in [1.807, 2.05) is 0 Å². The Morgan fingerprint density at radius 3 is 2.59 bits per heavy atom. The van der Waals surface area contributed by atoms with Crippen LogP contribution in [0.2, 0.25) is 5.02 Å². The van der Waals surface area contributed by atoms with Crippen molar-refractivity contribution in [2.75, 3.05) is 0 Å². The Labute approximate surface area is 102 Å². The van der Waals surface area contributed by atoms with Gasteiger partial charge < -0.3 is 9.84 Å². The summed E-state index contributed by atoms with van der Waals surface area (Å²) in [6, 6.07) is 9.95. The largest absolute Gasteiger partial charge is 0.476 e. The average Bonchev–Trinajstić information content (AvgIpc) is 2.32. The highest BCUT2D eigenvalue weighted by molar-refractivity contribution is 6.32. The van der Waals surface area contributed by atoms with Crippen LogP contribution in [0.1, 0.15) is 10.5 Å². The molecule has 0 aliphatic carbocycles. The number of benzene rings is 1. The van der Waals surface area contributed by atoms with Crippen molar-refractivity contribution in [3.8, 4) is 11.5 Å². The zero-order valence-corrected chi connectivity index (χ0v) is 9.39. The molecule has 0 radical (unpaired) electrons. The van der Waals surface area contributed by atoms with Crippen molar-refractivity contribution in [3.63, 3.8) is 0 Å². The predicted octanol–water partition coefficient (Wildman–Crippen LogP) is 3.23. The van der Waals surface area contributed by atoms with Gasteiger partial charge in [-0.3, -0.25) is 0 Å². The Hall–Kier alpha value is -2.07. The number of nitrogens with zero attached hydrogens (tertiary/aromatic N) is 1. The van der Waals surface area contributed by atoms with E-state index >= 15 is 0 Å². The van der Waals surface area contributed by atoms with Crippen LogP contribution in [0.15, 0.2) is 42.6 Å². The number of carbonyl (C=O) groups is 1. The highest BCUT2D eigenvalue weighted by Crippen LogP contribution is 2.29. The summed E-state index contributed by atoms with van der Waals surface area (Å²) in [4.78, 5) is 14.7. The van der Waals surface area contributed by atoms with E-state index in [9.17, 15) is 4.79 Å². The van der Waals surface area contributed by atoms with Crippen LogP contribution < -0.4 is 4.74 Å². The Kier molecular flexibility index (Phi) is 3.25. The molecule has 1 N–H and O–H groups in total. The number of pyridine rings is 1. The third-order valence-electron chi connectivity index (χ3n) is 2.03. The number of para-hydroxylation sites is 1. The molecule has 1 aromatic heterocycles. The Balaban J connectivity index is 2.37. The number of aromatic carboxylic acids is 1. The third kappa shape index (κ3) is 2.54. The topological polar surface area (TPSA) is 59.4 Å². The van der Waals surface area contributed by atoms with E-state index in [4.69, 9.17) is 21.4 Å². The summed E-state index contributed by atoms with van der Waals surface area (Å²) in [7, 11) is 0. The second-order valence-corrected chi connectivity index (χ2v) is 3.59. The molecule has 2 aromatic rings. The molecule has 0 aliphatic heterocycles. The molecular weight excluding hydrogens is 242 g/mol. The van der Waals surface area contributed by atoms with Crippen LogP contribution >= 0.6 is 11.6 Å². The number of halogens is 1. The quantitative estimate of drug-likeness (QED) is 0.907. The third-order valence-corrected chi connectivity index (χ3v) is 2.34. The first kappa shape index (κ1) is 11.4. The van der Waals surface area contributed by atoms with E-state index in [0.29, 0.717) is 10.8 Å². The zero-order chi connectivity index (χ0) is 12.3. The van der Waals surface area contributed by atoms with Gasteiger partial charge in [0.05, 0.1) is 5.02 Å². The lowest BCUT2D eigenvalue weighted by atomic mass is 10.3. The van der Waals surface area contributed by atoms with Gasteiger partial charge in [0.2, 0.25) is 0 Å². The number of carboxylic acids is 1. The molecule has 0 saturated heterocycles. The Morgan fingerprint density at radius 2 is 1.88 bits per heavy atom. The first-order valence-corrected chi connectivity index (χ1v) is 5.17. The number of hydrogen-bond donors (Lipinski definition) is 1. The summed E-state index contributed by atoms with van der Waals surface area (Å²) in [6.45, 7) is 0. The minimum Gasteiger partial charge on any atom is -0.476 e. The fourth-order valence-electron chi connectivity index (χ4n) is 1.28. The number of rotatable bonds is 3. The maximum absolute atomic E-state index is 10.9. The summed E-state index contributed by atoms with van der Waals surface area (Å²) in [6.07, 6.45) is 1.39. The normalized spacial score (nSPS) is 9.94. The van der Waals surface area contributed by atoms with Crippen molar-refractivity contribution in [2.45, 2.75) is 0 Å². The van der Waals surface area contributed by atoms with Crippen LogP contribution in [-0.4, -0.2) is 16.1 Å². The fraction of sp³-hybridized carbons (Fsp3) is 0. The van der Waals surface area contributed by atoms with E-state index < -0.39 is 5.97 Å². The van der Waals surface area contributed by atoms with Gasteiger partial charge in [-0.2, -0.15) is 0 Å². The SMILES string of the molecule is O=C(O)c1ncccc1Oc1ccccc1Cl. The minimum absolute atomic E-state index is 0.146. The summed E-state index contributed by atoms with van der Waals surface area (Å²) in [5.74, 6) is -0.592. The van der Waals surface area contributed by atoms with Gasteiger partial charge in [0, 0.05) is 6.20 Å². The van der Waals surface area contributed by atoms with Crippen LogP contribution in [0.5, 0.6) is 11.5 Å². The van der Waals surface area contributed by atoms with Crippen molar-refractivity contribution >= 4 is 17.6 Å². The molecule has 0 bridgehead atoms. The van der Waals surface area contributed by atoms with Gasteiger partial charge in [-0.25, -0.2) is 9.78 Å². The van der Waals surface area contributed by atoms with Crippen LogP contribution in [0, 0.1) is 0 Å². The summed E-state index contributed by atoms with van der Waals surface area (Å²) < 4.78 is 5.43. The number of ether oxygens (including phenoxy) is 1. The molecule has 0 atom stereocenters. The number of carboxylic acid groups (broad SMARTS) is 1. The van der Waals surface area contributed by atoms with Gasteiger partial charge in [-0.1, -0.05) is 23.7 Å². The molecule has 17 heavy (non-hydrogen) atoms. The fourth-order valence-corrected chi connectivity index (χ4v) is 1.45. The molecule has 1 aromatic carbocycles. The molecule has 0 spiro atoms. The standard InChI is InChI=1S/C12H8ClNO3/c13-8-4-1-2-5-9(8)17-10-6-3-7-14-11(10)12(15)16/h1-7H,(H,15,16). The van der Waals surface area contributed by atoms with E-state index in [0.717, 1.165) is 0 Å². The smallest absolute Gasteiger partial charge is 0.358 e. The Morgan fingerprint density at radius 1 is 1.18 bits per heavy atom. The number of hydrogen-bond acceptors (Lipinski definition) is 3. The molecule has 0 fully saturated rings. The van der Waals surface area contributed by atoms with Crippen molar-refractivity contribution in [1.82, 2.24) is 4.98 Å². The second-order valence-electron chi connectivity index (χ2n) is 3.19. The first-order chi connectivity index (χ1) is 8.18. The van der Waals surface area contributed by atoms with Crippen molar-refractivity contribution in [2.24, 2.45) is 0 Å². The second kappa shape index (κ2) is 4.84. The molecule has 86 valence electrons. The van der Waals surface area contributed by atoms with E-state index in [-0.39, 0.29) is 11.4 Å². The minimum atomic E-state index is -1.15. The van der Waals surface area contributed by atoms with Gasteiger partial charge >= 0.3 is 5.97 Å². The van der Waals surface area contributed by atoms with Crippen LogP contribution in [0.3, 0.4) is 0 Å². The summed E-state index contributed by atoms with van der Waals surface area (Å²) in [5, 5.41) is 9.35.